The maximum absolute atomic E-state index is 2.30. The Kier molecular flexibility index (Phi) is 18.0. The highest BCUT2D eigenvalue weighted by atomic mass is 13.9. The summed E-state index contributed by atoms with van der Waals surface area (Å²) in [7, 11) is 0. The van der Waals surface area contributed by atoms with E-state index in [9.17, 15) is 0 Å². The minimum absolute atomic E-state index is 1.04. The maximum atomic E-state index is 2.30. The van der Waals surface area contributed by atoms with Gasteiger partial charge < -0.3 is 0 Å². The van der Waals surface area contributed by atoms with Gasteiger partial charge in [0.25, 0.3) is 0 Å². The molecule has 0 saturated heterocycles. The van der Waals surface area contributed by atoms with Crippen molar-refractivity contribution in [3.63, 3.8) is 0 Å². The molecule has 0 aromatic rings. The van der Waals surface area contributed by atoms with Crippen LogP contribution in [-0.2, 0) is 0 Å². The Bertz CT molecular complexity index is 291. The van der Waals surface area contributed by atoms with Crippen molar-refractivity contribution in [2.75, 3.05) is 0 Å². The third kappa shape index (κ3) is 19.0. The van der Waals surface area contributed by atoms with Gasteiger partial charge in [-0.05, 0) is 32.1 Å². The van der Waals surface area contributed by atoms with Crippen molar-refractivity contribution >= 4 is 0 Å². The SMILES string of the molecule is CC/C=C\C/C=C\C/C=C\C=C\CCCCCCCCC. The van der Waals surface area contributed by atoms with Gasteiger partial charge in [0.05, 0.1) is 0 Å². The minimum atomic E-state index is 1.04. The summed E-state index contributed by atoms with van der Waals surface area (Å²) >= 11 is 0. The van der Waals surface area contributed by atoms with E-state index in [4.69, 9.17) is 0 Å². The fraction of sp³-hybridized carbons (Fsp3) is 0.619. The van der Waals surface area contributed by atoms with E-state index in [2.05, 4.69) is 62.5 Å². The predicted molar refractivity (Wildman–Crippen MR) is 98.7 cm³/mol. The fourth-order valence-corrected chi connectivity index (χ4v) is 2.16. The van der Waals surface area contributed by atoms with Gasteiger partial charge >= 0.3 is 0 Å². The molecule has 0 amide bonds. The van der Waals surface area contributed by atoms with Gasteiger partial charge in [-0.15, -0.1) is 0 Å². The molecule has 120 valence electrons. The summed E-state index contributed by atoms with van der Waals surface area (Å²) in [6.45, 7) is 4.44. The summed E-state index contributed by atoms with van der Waals surface area (Å²) in [5.41, 5.74) is 0. The lowest BCUT2D eigenvalue weighted by Crippen LogP contribution is -1.78. The summed E-state index contributed by atoms with van der Waals surface area (Å²) in [5.74, 6) is 0. The average Bonchev–Trinajstić information content (AvgIpc) is 2.50. The van der Waals surface area contributed by atoms with Crippen molar-refractivity contribution < 1.29 is 0 Å². The van der Waals surface area contributed by atoms with Crippen LogP contribution in [0.1, 0.15) is 84.5 Å². The molecule has 0 unspecified atom stereocenters. The van der Waals surface area contributed by atoms with Gasteiger partial charge in [-0.3, -0.25) is 0 Å². The summed E-state index contributed by atoms with van der Waals surface area (Å²) in [5, 5.41) is 0. The average molecular weight is 289 g/mol. The molecule has 0 aliphatic rings. The summed E-state index contributed by atoms with van der Waals surface area (Å²) < 4.78 is 0. The number of unbranched alkanes of at least 4 members (excludes halogenated alkanes) is 7. The van der Waals surface area contributed by atoms with Gasteiger partial charge in [-0.25, -0.2) is 0 Å². The van der Waals surface area contributed by atoms with E-state index >= 15 is 0 Å². The lowest BCUT2D eigenvalue weighted by atomic mass is 10.1. The van der Waals surface area contributed by atoms with Crippen LogP contribution >= 0.6 is 0 Å². The molecule has 0 atom stereocenters. The van der Waals surface area contributed by atoms with E-state index < -0.39 is 0 Å². The number of allylic oxidation sites excluding steroid dienone is 8. The van der Waals surface area contributed by atoms with E-state index in [0.717, 1.165) is 19.3 Å². The van der Waals surface area contributed by atoms with E-state index in [-0.39, 0.29) is 0 Å². The van der Waals surface area contributed by atoms with Crippen molar-refractivity contribution in [2.24, 2.45) is 0 Å². The van der Waals surface area contributed by atoms with E-state index in [1.54, 1.807) is 0 Å². The monoisotopic (exact) mass is 288 g/mol. The summed E-state index contributed by atoms with van der Waals surface area (Å²) in [6, 6.07) is 0. The van der Waals surface area contributed by atoms with Gasteiger partial charge in [-0.2, -0.15) is 0 Å². The molecule has 0 aliphatic carbocycles. The van der Waals surface area contributed by atoms with Gasteiger partial charge in [0.15, 0.2) is 0 Å². The summed E-state index contributed by atoms with van der Waals surface area (Å²) in [4.78, 5) is 0. The first-order valence-electron chi connectivity index (χ1n) is 9.03. The van der Waals surface area contributed by atoms with Crippen LogP contribution in [0.15, 0.2) is 48.6 Å². The molecule has 0 fully saturated rings. The normalized spacial score (nSPS) is 12.7. The van der Waals surface area contributed by atoms with Gasteiger partial charge in [0, 0.05) is 0 Å². The minimum Gasteiger partial charge on any atom is -0.0885 e. The van der Waals surface area contributed by atoms with Gasteiger partial charge in [-0.1, -0.05) is 101 Å². The van der Waals surface area contributed by atoms with Crippen molar-refractivity contribution in [3.8, 4) is 0 Å². The molecule has 0 aliphatic heterocycles. The molecule has 0 saturated carbocycles. The molecule has 21 heavy (non-hydrogen) atoms. The quantitative estimate of drug-likeness (QED) is 0.176. The molecule has 0 aromatic carbocycles. The molecule has 0 rings (SSSR count). The highest BCUT2D eigenvalue weighted by Crippen LogP contribution is 2.08. The molecular formula is C21H36. The van der Waals surface area contributed by atoms with E-state index in [0.29, 0.717) is 0 Å². The molecule has 0 radical (unpaired) electrons. The first-order valence-corrected chi connectivity index (χ1v) is 9.03. The molecular weight excluding hydrogens is 252 g/mol. The second-order valence-electron chi connectivity index (χ2n) is 5.59. The van der Waals surface area contributed by atoms with Crippen LogP contribution in [0.25, 0.3) is 0 Å². The Hall–Kier alpha value is -1.04. The van der Waals surface area contributed by atoms with Gasteiger partial charge in [0.1, 0.15) is 0 Å². The third-order valence-corrected chi connectivity index (χ3v) is 3.47. The second kappa shape index (κ2) is 19.0. The first kappa shape index (κ1) is 20.0. The molecule has 0 heteroatoms. The molecule has 0 spiro atoms. The summed E-state index contributed by atoms with van der Waals surface area (Å²) in [6.07, 6.45) is 32.1. The number of hydrogen-bond donors (Lipinski definition) is 0. The molecule has 0 nitrogen and oxygen atoms in total. The van der Waals surface area contributed by atoms with Gasteiger partial charge in [0.2, 0.25) is 0 Å². The Morgan fingerprint density at radius 1 is 0.524 bits per heavy atom. The first-order chi connectivity index (χ1) is 10.4. The van der Waals surface area contributed by atoms with Crippen molar-refractivity contribution in [2.45, 2.75) is 84.5 Å². The standard InChI is InChI=1S/C21H36/c1-3-5-7-9-11-13-15-17-19-21-20-18-16-14-12-10-8-6-4-2/h5,7,11,13,17,19-21H,3-4,6,8-10,12,14-16,18H2,1-2H3/b7-5-,13-11-,19-17-,21-20+. The van der Waals surface area contributed by atoms with E-state index in [1.807, 2.05) is 0 Å². The molecule has 0 N–H and O–H groups in total. The zero-order chi connectivity index (χ0) is 15.4. The Labute approximate surface area is 133 Å². The Balaban J connectivity index is 3.31. The van der Waals surface area contributed by atoms with E-state index in [1.165, 1.54) is 51.4 Å². The van der Waals surface area contributed by atoms with Crippen LogP contribution in [0.3, 0.4) is 0 Å². The topological polar surface area (TPSA) is 0 Å². The largest absolute Gasteiger partial charge is 0.0885 e. The zero-order valence-corrected chi connectivity index (χ0v) is 14.4. The Morgan fingerprint density at radius 2 is 1.10 bits per heavy atom. The number of hydrogen-bond acceptors (Lipinski definition) is 0. The number of rotatable bonds is 14. The highest BCUT2D eigenvalue weighted by Gasteiger charge is 1.88. The molecule has 0 aromatic heterocycles. The third-order valence-electron chi connectivity index (χ3n) is 3.47. The van der Waals surface area contributed by atoms with Crippen LogP contribution in [0.2, 0.25) is 0 Å². The fourth-order valence-electron chi connectivity index (χ4n) is 2.16. The molecule has 0 bridgehead atoms. The van der Waals surface area contributed by atoms with Crippen LogP contribution in [-0.4, -0.2) is 0 Å². The maximum Gasteiger partial charge on any atom is -0.0166 e. The predicted octanol–water partition coefficient (Wildman–Crippen LogP) is 7.54. The van der Waals surface area contributed by atoms with Crippen LogP contribution < -0.4 is 0 Å². The lowest BCUT2D eigenvalue weighted by Gasteiger charge is -1.98. The van der Waals surface area contributed by atoms with Crippen molar-refractivity contribution in [1.82, 2.24) is 0 Å². The molecule has 0 heterocycles. The zero-order valence-electron chi connectivity index (χ0n) is 14.4. The van der Waals surface area contributed by atoms with Crippen LogP contribution in [0.5, 0.6) is 0 Å². The van der Waals surface area contributed by atoms with Crippen molar-refractivity contribution in [1.29, 1.82) is 0 Å². The smallest absolute Gasteiger partial charge is 0.0166 e. The lowest BCUT2D eigenvalue weighted by molar-refractivity contribution is 0.592. The van der Waals surface area contributed by atoms with Crippen LogP contribution in [0, 0.1) is 0 Å². The van der Waals surface area contributed by atoms with Crippen molar-refractivity contribution in [3.05, 3.63) is 48.6 Å². The van der Waals surface area contributed by atoms with Crippen LogP contribution in [0.4, 0.5) is 0 Å². The second-order valence-corrected chi connectivity index (χ2v) is 5.59. The Morgan fingerprint density at radius 3 is 1.81 bits per heavy atom. The highest BCUT2D eigenvalue weighted by molar-refractivity contribution is 5.05.